The molecule has 2 heterocycles. The van der Waals surface area contributed by atoms with Crippen LogP contribution in [0.2, 0.25) is 5.02 Å². The van der Waals surface area contributed by atoms with Gasteiger partial charge < -0.3 is 4.90 Å². The summed E-state index contributed by atoms with van der Waals surface area (Å²) in [7, 11) is 0. The minimum atomic E-state index is -0.397. The first-order valence-electron chi connectivity index (χ1n) is 10.8. The van der Waals surface area contributed by atoms with E-state index in [1.165, 1.54) is 0 Å². The van der Waals surface area contributed by atoms with Crippen LogP contribution in [-0.2, 0) is 11.2 Å². The molecule has 30 heavy (non-hydrogen) atoms. The van der Waals surface area contributed by atoms with Gasteiger partial charge in [0.1, 0.15) is 6.04 Å². The lowest BCUT2D eigenvalue weighted by molar-refractivity contribution is -0.118. The van der Waals surface area contributed by atoms with Gasteiger partial charge in [-0.25, -0.2) is 9.89 Å². The Hall–Kier alpha value is -2.37. The van der Waals surface area contributed by atoms with Crippen molar-refractivity contribution in [3.05, 3.63) is 64.7 Å². The molecule has 1 atom stereocenters. The molecule has 158 valence electrons. The molecule has 2 aliphatic rings. The highest BCUT2D eigenvalue weighted by Crippen LogP contribution is 2.30. The molecular weight excluding hydrogens is 396 g/mol. The van der Waals surface area contributed by atoms with E-state index in [1.807, 2.05) is 48.2 Å². The normalized spacial score (nSPS) is 20.0. The third-order valence-corrected chi connectivity index (χ3v) is 6.08. The van der Waals surface area contributed by atoms with Crippen LogP contribution in [0.3, 0.4) is 0 Å². The Kier molecular flexibility index (Phi) is 6.40. The van der Waals surface area contributed by atoms with E-state index in [0.29, 0.717) is 11.4 Å². The molecule has 0 aromatic heterocycles. The summed E-state index contributed by atoms with van der Waals surface area (Å²) in [5.74, 6) is 0.817. The van der Waals surface area contributed by atoms with Crippen molar-refractivity contribution in [2.45, 2.75) is 32.7 Å². The Labute approximate surface area is 183 Å². The van der Waals surface area contributed by atoms with Crippen molar-refractivity contribution in [3.8, 4) is 0 Å². The average Bonchev–Trinajstić information content (AvgIpc) is 3.06. The van der Waals surface area contributed by atoms with E-state index < -0.39 is 6.04 Å². The zero-order valence-corrected chi connectivity index (χ0v) is 18.5. The van der Waals surface area contributed by atoms with Gasteiger partial charge in [0.2, 0.25) is 5.96 Å². The molecule has 2 aromatic carbocycles. The fraction of sp³-hybridized carbons (Fsp3) is 0.417. The van der Waals surface area contributed by atoms with Gasteiger partial charge in [0.15, 0.2) is 0 Å². The number of guanidine groups is 1. The molecule has 0 aliphatic carbocycles. The zero-order valence-electron chi connectivity index (χ0n) is 17.7. The highest BCUT2D eigenvalue weighted by Gasteiger charge is 2.39. The van der Waals surface area contributed by atoms with E-state index in [4.69, 9.17) is 16.6 Å². The molecule has 1 saturated heterocycles. The summed E-state index contributed by atoms with van der Waals surface area (Å²) in [6.07, 6.45) is 1.77. The summed E-state index contributed by atoms with van der Waals surface area (Å²) in [6.45, 7) is 9.09. The second kappa shape index (κ2) is 9.19. The van der Waals surface area contributed by atoms with Crippen LogP contribution in [0, 0.1) is 6.92 Å². The molecule has 0 saturated carbocycles. The summed E-state index contributed by atoms with van der Waals surface area (Å²) >= 11 is 6.18. The number of benzene rings is 2. The number of rotatable bonds is 5. The van der Waals surface area contributed by atoms with Crippen LogP contribution in [0.1, 0.15) is 24.5 Å². The van der Waals surface area contributed by atoms with E-state index in [-0.39, 0.29) is 5.91 Å². The quantitative estimate of drug-likeness (QED) is 0.728. The first-order valence-corrected chi connectivity index (χ1v) is 11.1. The van der Waals surface area contributed by atoms with Crippen molar-refractivity contribution in [3.63, 3.8) is 0 Å². The van der Waals surface area contributed by atoms with E-state index in [1.54, 1.807) is 0 Å². The number of carbonyl (C=O) groups excluding carboxylic acids is 1. The molecular formula is C24H29ClN4O. The molecule has 4 rings (SSSR count). The SMILES string of the molecule is CCCN1CCN(C2=NC(Cc3ccccc3)C(=O)N2c2ccc(Cl)cc2C)CC1. The summed E-state index contributed by atoms with van der Waals surface area (Å²) in [5.41, 5.74) is 2.98. The molecule has 6 heteroatoms. The molecule has 2 aromatic rings. The Balaban J connectivity index is 1.63. The van der Waals surface area contributed by atoms with Crippen molar-refractivity contribution in [1.29, 1.82) is 0 Å². The topological polar surface area (TPSA) is 39.1 Å². The third-order valence-electron chi connectivity index (χ3n) is 5.84. The van der Waals surface area contributed by atoms with E-state index in [9.17, 15) is 4.79 Å². The van der Waals surface area contributed by atoms with Crippen molar-refractivity contribution >= 4 is 29.2 Å². The van der Waals surface area contributed by atoms with Gasteiger partial charge in [-0.3, -0.25) is 9.69 Å². The summed E-state index contributed by atoms with van der Waals surface area (Å²) in [5, 5.41) is 0.676. The first kappa shape index (κ1) is 20.9. The van der Waals surface area contributed by atoms with Crippen molar-refractivity contribution in [2.75, 3.05) is 37.6 Å². The maximum absolute atomic E-state index is 13.5. The molecule has 1 amide bonds. The largest absolute Gasteiger partial charge is 0.340 e. The number of aryl methyl sites for hydroxylation is 1. The van der Waals surface area contributed by atoms with Crippen LogP contribution in [0.25, 0.3) is 0 Å². The van der Waals surface area contributed by atoms with Crippen molar-refractivity contribution in [2.24, 2.45) is 4.99 Å². The predicted molar refractivity (Wildman–Crippen MR) is 123 cm³/mol. The monoisotopic (exact) mass is 424 g/mol. The summed E-state index contributed by atoms with van der Waals surface area (Å²) in [4.78, 5) is 25.0. The van der Waals surface area contributed by atoms with Gasteiger partial charge >= 0.3 is 0 Å². The molecule has 0 N–H and O–H groups in total. The first-order chi connectivity index (χ1) is 14.6. The number of anilines is 1. The Morgan fingerprint density at radius 1 is 1.07 bits per heavy atom. The minimum absolute atomic E-state index is 0.0373. The fourth-order valence-electron chi connectivity index (χ4n) is 4.28. The lowest BCUT2D eigenvalue weighted by Gasteiger charge is -2.37. The van der Waals surface area contributed by atoms with Crippen LogP contribution < -0.4 is 4.90 Å². The molecule has 2 aliphatic heterocycles. The number of piperazine rings is 1. The van der Waals surface area contributed by atoms with E-state index >= 15 is 0 Å². The van der Waals surface area contributed by atoms with Gasteiger partial charge in [0.05, 0.1) is 5.69 Å². The number of amides is 1. The van der Waals surface area contributed by atoms with Crippen molar-refractivity contribution in [1.82, 2.24) is 9.80 Å². The number of halogens is 1. The molecule has 1 fully saturated rings. The van der Waals surface area contributed by atoms with Crippen molar-refractivity contribution < 1.29 is 4.79 Å². The number of carbonyl (C=O) groups is 1. The van der Waals surface area contributed by atoms with Crippen LogP contribution in [-0.4, -0.2) is 60.4 Å². The lowest BCUT2D eigenvalue weighted by atomic mass is 10.1. The number of aliphatic imine (C=N–C) groups is 1. The molecule has 0 radical (unpaired) electrons. The zero-order chi connectivity index (χ0) is 21.1. The average molecular weight is 425 g/mol. The third kappa shape index (κ3) is 4.37. The Morgan fingerprint density at radius 3 is 2.47 bits per heavy atom. The highest BCUT2D eigenvalue weighted by molar-refractivity contribution is 6.31. The van der Waals surface area contributed by atoms with Gasteiger partial charge in [-0.1, -0.05) is 48.9 Å². The van der Waals surface area contributed by atoms with E-state index in [0.717, 1.165) is 61.9 Å². The van der Waals surface area contributed by atoms with Crippen LogP contribution >= 0.6 is 11.6 Å². The number of nitrogens with zero attached hydrogens (tertiary/aromatic N) is 4. The minimum Gasteiger partial charge on any atom is -0.340 e. The smallest absolute Gasteiger partial charge is 0.259 e. The Bertz CT molecular complexity index is 922. The number of hydrogen-bond acceptors (Lipinski definition) is 4. The second-order valence-electron chi connectivity index (χ2n) is 8.07. The Morgan fingerprint density at radius 2 is 1.80 bits per heavy atom. The maximum Gasteiger partial charge on any atom is 0.259 e. The fourth-order valence-corrected chi connectivity index (χ4v) is 4.50. The van der Waals surface area contributed by atoms with Gasteiger partial charge in [-0.2, -0.15) is 0 Å². The standard InChI is InChI=1S/C24H29ClN4O/c1-3-11-27-12-14-28(15-13-27)24-26-21(17-19-7-5-4-6-8-19)23(30)29(24)22-10-9-20(25)16-18(22)2/h4-10,16,21H,3,11-15,17H2,1-2H3. The molecule has 0 bridgehead atoms. The van der Waals surface area contributed by atoms with Gasteiger partial charge in [-0.15, -0.1) is 0 Å². The van der Waals surface area contributed by atoms with Crippen LogP contribution in [0.5, 0.6) is 0 Å². The van der Waals surface area contributed by atoms with Crippen LogP contribution in [0.4, 0.5) is 5.69 Å². The maximum atomic E-state index is 13.5. The van der Waals surface area contributed by atoms with Gasteiger partial charge in [0.25, 0.3) is 5.91 Å². The second-order valence-corrected chi connectivity index (χ2v) is 8.50. The molecule has 1 unspecified atom stereocenters. The van der Waals surface area contributed by atoms with Gasteiger partial charge in [-0.05, 0) is 49.2 Å². The summed E-state index contributed by atoms with van der Waals surface area (Å²) in [6, 6.07) is 15.4. The predicted octanol–water partition coefficient (Wildman–Crippen LogP) is 3.99. The van der Waals surface area contributed by atoms with Crippen LogP contribution in [0.15, 0.2) is 53.5 Å². The summed E-state index contributed by atoms with van der Waals surface area (Å²) < 4.78 is 0. The molecule has 5 nitrogen and oxygen atoms in total. The number of hydrogen-bond donors (Lipinski definition) is 0. The van der Waals surface area contributed by atoms with Gasteiger partial charge in [0, 0.05) is 37.6 Å². The highest BCUT2D eigenvalue weighted by atomic mass is 35.5. The van der Waals surface area contributed by atoms with E-state index in [2.05, 4.69) is 28.9 Å². The lowest BCUT2D eigenvalue weighted by Crippen LogP contribution is -2.53. The molecule has 0 spiro atoms.